The van der Waals surface area contributed by atoms with Gasteiger partial charge in [-0.3, -0.25) is 14.9 Å². The lowest BCUT2D eigenvalue weighted by molar-refractivity contribution is -0.385. The van der Waals surface area contributed by atoms with Crippen LogP contribution in [0.1, 0.15) is 11.1 Å². The smallest absolute Gasteiger partial charge is 0.269 e. The minimum Gasteiger partial charge on any atom is -0.872 e. The van der Waals surface area contributed by atoms with Gasteiger partial charge in [0.15, 0.2) is 0 Å². The lowest BCUT2D eigenvalue weighted by Gasteiger charge is -2.12. The van der Waals surface area contributed by atoms with Crippen LogP contribution in [-0.4, -0.2) is 10.8 Å². The van der Waals surface area contributed by atoms with Crippen molar-refractivity contribution in [1.29, 1.82) is 0 Å². The molecule has 0 saturated heterocycles. The zero-order valence-corrected chi connectivity index (χ0v) is 12.9. The molecule has 2 rings (SSSR count). The number of halogens is 2. The van der Waals surface area contributed by atoms with Gasteiger partial charge in [0.2, 0.25) is 5.91 Å². The highest BCUT2D eigenvalue weighted by atomic mass is 35.5. The highest BCUT2D eigenvalue weighted by Gasteiger charge is 2.07. The van der Waals surface area contributed by atoms with Crippen molar-refractivity contribution in [3.05, 3.63) is 74.6 Å². The molecule has 6 nitrogen and oxygen atoms in total. The van der Waals surface area contributed by atoms with Crippen LogP contribution in [0.2, 0.25) is 5.02 Å². The summed E-state index contributed by atoms with van der Waals surface area (Å²) in [4.78, 5) is 21.8. The van der Waals surface area contributed by atoms with E-state index in [1.165, 1.54) is 30.4 Å². The number of carbonyl (C=O) groups is 1. The van der Waals surface area contributed by atoms with Gasteiger partial charge in [0.25, 0.3) is 5.69 Å². The summed E-state index contributed by atoms with van der Waals surface area (Å²) in [5.74, 6) is -1.48. The van der Waals surface area contributed by atoms with Crippen molar-refractivity contribution in [3.8, 4) is 5.75 Å². The molecule has 2 aromatic rings. The van der Waals surface area contributed by atoms with Gasteiger partial charge in [0, 0.05) is 24.8 Å². The Kier molecular flexibility index (Phi) is 5.49. The zero-order valence-electron chi connectivity index (χ0n) is 12.2. The zero-order chi connectivity index (χ0) is 17.7. The number of rotatable bonds is 5. The van der Waals surface area contributed by atoms with E-state index in [-0.39, 0.29) is 22.8 Å². The molecule has 1 amide bonds. The number of amides is 1. The number of nitro benzene ring substituents is 1. The number of benzene rings is 2. The first kappa shape index (κ1) is 17.4. The van der Waals surface area contributed by atoms with E-state index in [0.717, 1.165) is 18.2 Å². The largest absolute Gasteiger partial charge is 0.872 e. The molecule has 8 heteroatoms. The molecule has 0 spiro atoms. The van der Waals surface area contributed by atoms with Crippen LogP contribution in [0.25, 0.3) is 6.08 Å². The number of carbonyl (C=O) groups excluding carboxylic acids is 1. The summed E-state index contributed by atoms with van der Waals surface area (Å²) in [5.41, 5.74) is 0.405. The number of hydrogen-bond donors (Lipinski definition) is 1. The minimum atomic E-state index is -0.622. The molecule has 1 N–H and O–H groups in total. The van der Waals surface area contributed by atoms with E-state index in [1.54, 1.807) is 0 Å². The number of non-ortho nitro benzene ring substituents is 1. The van der Waals surface area contributed by atoms with Crippen molar-refractivity contribution < 1.29 is 19.2 Å². The van der Waals surface area contributed by atoms with Crippen molar-refractivity contribution in [1.82, 2.24) is 5.32 Å². The Morgan fingerprint density at radius 2 is 2.04 bits per heavy atom. The molecule has 124 valence electrons. The summed E-state index contributed by atoms with van der Waals surface area (Å²) in [6.45, 7) is -0.145. The molecular weight excluding hydrogens is 339 g/mol. The lowest BCUT2D eigenvalue weighted by atomic mass is 10.1. The number of hydrogen-bond acceptors (Lipinski definition) is 4. The molecular formula is C16H11ClFN2O4-. The fourth-order valence-corrected chi connectivity index (χ4v) is 2.04. The van der Waals surface area contributed by atoms with Gasteiger partial charge in [-0.15, -0.1) is 5.75 Å². The second kappa shape index (κ2) is 7.56. The van der Waals surface area contributed by atoms with Gasteiger partial charge < -0.3 is 10.4 Å². The van der Waals surface area contributed by atoms with Gasteiger partial charge in [-0.1, -0.05) is 23.7 Å². The third-order valence-corrected chi connectivity index (χ3v) is 3.37. The monoisotopic (exact) mass is 349 g/mol. The maximum absolute atomic E-state index is 13.0. The maximum atomic E-state index is 13.0. The van der Waals surface area contributed by atoms with Gasteiger partial charge in [-0.25, -0.2) is 4.39 Å². The Balaban J connectivity index is 2.00. The molecule has 0 aliphatic carbocycles. The molecule has 0 atom stereocenters. The van der Waals surface area contributed by atoms with Crippen molar-refractivity contribution in [3.63, 3.8) is 0 Å². The lowest BCUT2D eigenvalue weighted by Crippen LogP contribution is -2.21. The molecule has 0 radical (unpaired) electrons. The van der Waals surface area contributed by atoms with Crippen molar-refractivity contribution in [2.75, 3.05) is 0 Å². The van der Waals surface area contributed by atoms with Crippen molar-refractivity contribution in [2.45, 2.75) is 6.54 Å². The van der Waals surface area contributed by atoms with Gasteiger partial charge in [0.1, 0.15) is 5.82 Å². The summed E-state index contributed by atoms with van der Waals surface area (Å²) in [7, 11) is 0. The molecule has 2 aromatic carbocycles. The van der Waals surface area contributed by atoms with Crippen LogP contribution in [-0.2, 0) is 11.3 Å². The quantitative estimate of drug-likeness (QED) is 0.510. The van der Waals surface area contributed by atoms with Crippen LogP contribution in [0.15, 0.2) is 42.5 Å². The Hall–Kier alpha value is -2.93. The van der Waals surface area contributed by atoms with Gasteiger partial charge >= 0.3 is 0 Å². The molecule has 0 unspecified atom stereocenters. The van der Waals surface area contributed by atoms with Gasteiger partial charge in [-0.2, -0.15) is 0 Å². The predicted octanol–water partition coefficient (Wildman–Crippen LogP) is 2.79. The molecule has 0 saturated carbocycles. The summed E-state index contributed by atoms with van der Waals surface area (Å²) in [6.07, 6.45) is 2.61. The van der Waals surface area contributed by atoms with Crippen molar-refractivity contribution >= 4 is 29.3 Å². The van der Waals surface area contributed by atoms with E-state index in [4.69, 9.17) is 11.6 Å². The molecule has 0 bridgehead atoms. The highest BCUT2D eigenvalue weighted by Crippen LogP contribution is 2.20. The Labute approximate surface area is 141 Å². The summed E-state index contributed by atoms with van der Waals surface area (Å²) in [5, 5.41) is 24.7. The van der Waals surface area contributed by atoms with E-state index in [9.17, 15) is 24.4 Å². The first-order valence-electron chi connectivity index (χ1n) is 6.72. The molecule has 24 heavy (non-hydrogen) atoms. The first-order chi connectivity index (χ1) is 11.4. The summed E-state index contributed by atoms with van der Waals surface area (Å²) in [6, 6.07) is 7.28. The Morgan fingerprint density at radius 3 is 2.71 bits per heavy atom. The van der Waals surface area contributed by atoms with Crippen LogP contribution in [0.4, 0.5) is 10.1 Å². The fraction of sp³-hybridized carbons (Fsp3) is 0.0625. The van der Waals surface area contributed by atoms with E-state index in [2.05, 4.69) is 5.32 Å². The molecule has 0 heterocycles. The normalized spacial score (nSPS) is 10.8. The second-order valence-electron chi connectivity index (χ2n) is 4.77. The maximum Gasteiger partial charge on any atom is 0.269 e. The van der Waals surface area contributed by atoms with Crippen molar-refractivity contribution in [2.24, 2.45) is 0 Å². The standard InChI is InChI=1S/C16H12ClFN2O4/c17-13-7-10(1-4-14(13)18)2-6-16(22)19-9-11-8-12(20(23)24)3-5-15(11)21/h1-8,21H,9H2,(H,19,22)/p-1/b6-2+. The van der Waals surface area contributed by atoms with Gasteiger partial charge in [-0.05, 0) is 29.3 Å². The van der Waals surface area contributed by atoms with Crippen LogP contribution in [0.5, 0.6) is 5.75 Å². The SMILES string of the molecule is O=C(/C=C/c1ccc(F)c(Cl)c1)NCc1cc([N+](=O)[O-])ccc1[O-]. The second-order valence-corrected chi connectivity index (χ2v) is 5.18. The number of nitrogens with one attached hydrogen (secondary N) is 1. The Bertz CT molecular complexity index is 824. The third kappa shape index (κ3) is 4.53. The topological polar surface area (TPSA) is 95.3 Å². The molecule has 0 fully saturated rings. The van der Waals surface area contributed by atoms with Crippen LogP contribution >= 0.6 is 11.6 Å². The summed E-state index contributed by atoms with van der Waals surface area (Å²) < 4.78 is 13.0. The number of nitrogens with zero attached hydrogens (tertiary/aromatic N) is 1. The van der Waals surface area contributed by atoms with Crippen LogP contribution < -0.4 is 10.4 Å². The molecule has 0 aliphatic rings. The highest BCUT2D eigenvalue weighted by molar-refractivity contribution is 6.30. The van der Waals surface area contributed by atoms with Crippen LogP contribution in [0.3, 0.4) is 0 Å². The number of nitro groups is 1. The predicted molar refractivity (Wildman–Crippen MR) is 84.8 cm³/mol. The van der Waals surface area contributed by atoms with Crippen LogP contribution in [0, 0.1) is 15.9 Å². The molecule has 0 aromatic heterocycles. The van der Waals surface area contributed by atoms with E-state index >= 15 is 0 Å². The third-order valence-electron chi connectivity index (χ3n) is 3.08. The van der Waals surface area contributed by atoms with E-state index < -0.39 is 22.4 Å². The van der Waals surface area contributed by atoms with E-state index in [1.807, 2.05) is 0 Å². The molecule has 0 aliphatic heterocycles. The average molecular weight is 350 g/mol. The first-order valence-corrected chi connectivity index (χ1v) is 7.10. The average Bonchev–Trinajstić information content (AvgIpc) is 2.55. The van der Waals surface area contributed by atoms with E-state index in [0.29, 0.717) is 5.56 Å². The summed E-state index contributed by atoms with van der Waals surface area (Å²) >= 11 is 5.63. The fourth-order valence-electron chi connectivity index (χ4n) is 1.85. The minimum absolute atomic E-state index is 0.0647. The Morgan fingerprint density at radius 1 is 1.29 bits per heavy atom. The van der Waals surface area contributed by atoms with Gasteiger partial charge in [0.05, 0.1) is 9.95 Å².